The number of anilines is 1. The number of hydrogen-bond donors (Lipinski definition) is 2. The number of urea groups is 1. The first-order chi connectivity index (χ1) is 7.06. The van der Waals surface area contributed by atoms with Gasteiger partial charge < -0.3 is 5.32 Å². The Bertz CT molecular complexity index is 333. The molecule has 1 aromatic carbocycles. The van der Waals surface area contributed by atoms with Crippen molar-refractivity contribution in [1.82, 2.24) is 5.32 Å². The summed E-state index contributed by atoms with van der Waals surface area (Å²) in [4.78, 5) is 11.1. The van der Waals surface area contributed by atoms with Crippen molar-refractivity contribution in [3.05, 3.63) is 29.8 Å². The van der Waals surface area contributed by atoms with Gasteiger partial charge in [0.15, 0.2) is 0 Å². The SMILES string of the molecule is CNC(=O)N(O)c1ccc(C(C)C)cc1. The molecule has 4 nitrogen and oxygen atoms in total. The Morgan fingerprint density at radius 2 is 1.87 bits per heavy atom. The highest BCUT2D eigenvalue weighted by Gasteiger charge is 2.10. The molecule has 4 heteroatoms. The predicted molar refractivity (Wildman–Crippen MR) is 59.3 cm³/mol. The molecule has 15 heavy (non-hydrogen) atoms. The van der Waals surface area contributed by atoms with Gasteiger partial charge in [-0.05, 0) is 23.6 Å². The molecule has 0 saturated heterocycles. The summed E-state index contributed by atoms with van der Waals surface area (Å²) in [6, 6.07) is 6.67. The zero-order valence-corrected chi connectivity index (χ0v) is 9.19. The summed E-state index contributed by atoms with van der Waals surface area (Å²) in [6.07, 6.45) is 0. The largest absolute Gasteiger partial charge is 0.345 e. The molecule has 1 aromatic rings. The van der Waals surface area contributed by atoms with Gasteiger partial charge in [0.2, 0.25) is 0 Å². The summed E-state index contributed by atoms with van der Waals surface area (Å²) >= 11 is 0. The normalized spacial score (nSPS) is 10.2. The molecule has 0 saturated carbocycles. The zero-order chi connectivity index (χ0) is 11.4. The van der Waals surface area contributed by atoms with Crippen molar-refractivity contribution in [1.29, 1.82) is 0 Å². The van der Waals surface area contributed by atoms with Crippen LogP contribution in [0.25, 0.3) is 0 Å². The average Bonchev–Trinajstić information content (AvgIpc) is 2.27. The number of benzene rings is 1. The Morgan fingerprint density at radius 3 is 2.27 bits per heavy atom. The summed E-state index contributed by atoms with van der Waals surface area (Å²) < 4.78 is 0. The maximum Gasteiger partial charge on any atom is 0.345 e. The molecule has 0 aliphatic rings. The topological polar surface area (TPSA) is 52.6 Å². The van der Waals surface area contributed by atoms with Crippen molar-refractivity contribution >= 4 is 11.7 Å². The van der Waals surface area contributed by atoms with Gasteiger partial charge in [-0.15, -0.1) is 0 Å². The number of nitrogens with zero attached hydrogens (tertiary/aromatic N) is 1. The van der Waals surface area contributed by atoms with Crippen molar-refractivity contribution in [2.75, 3.05) is 12.1 Å². The van der Waals surface area contributed by atoms with E-state index in [0.29, 0.717) is 16.7 Å². The molecule has 0 heterocycles. The maximum absolute atomic E-state index is 11.1. The maximum atomic E-state index is 11.1. The van der Waals surface area contributed by atoms with Crippen LogP contribution >= 0.6 is 0 Å². The van der Waals surface area contributed by atoms with Gasteiger partial charge in [0.05, 0.1) is 5.69 Å². The fourth-order valence-corrected chi connectivity index (χ4v) is 1.22. The predicted octanol–water partition coefficient (Wildman–Crippen LogP) is 2.35. The van der Waals surface area contributed by atoms with E-state index in [9.17, 15) is 10.0 Å². The first-order valence-corrected chi connectivity index (χ1v) is 4.87. The lowest BCUT2D eigenvalue weighted by Gasteiger charge is -2.15. The molecule has 0 bridgehead atoms. The summed E-state index contributed by atoms with van der Waals surface area (Å²) in [5, 5.41) is 12.4. The molecule has 82 valence electrons. The zero-order valence-electron chi connectivity index (χ0n) is 9.19. The van der Waals surface area contributed by atoms with Crippen LogP contribution in [0.3, 0.4) is 0 Å². The fourth-order valence-electron chi connectivity index (χ4n) is 1.22. The van der Waals surface area contributed by atoms with Crippen molar-refractivity contribution < 1.29 is 10.0 Å². The van der Waals surface area contributed by atoms with Crippen molar-refractivity contribution in [2.24, 2.45) is 0 Å². The number of amides is 2. The van der Waals surface area contributed by atoms with E-state index in [2.05, 4.69) is 19.2 Å². The second kappa shape index (κ2) is 4.79. The third-order valence-electron chi connectivity index (χ3n) is 2.21. The smallest absolute Gasteiger partial charge is 0.339 e. The van der Waals surface area contributed by atoms with Crippen molar-refractivity contribution in [3.8, 4) is 0 Å². The molecule has 2 N–H and O–H groups in total. The van der Waals surface area contributed by atoms with Crippen LogP contribution in [0.15, 0.2) is 24.3 Å². The van der Waals surface area contributed by atoms with Gasteiger partial charge in [0.1, 0.15) is 0 Å². The van der Waals surface area contributed by atoms with E-state index in [1.165, 1.54) is 12.6 Å². The second-order valence-corrected chi connectivity index (χ2v) is 3.61. The molecule has 2 amide bonds. The van der Waals surface area contributed by atoms with Crippen LogP contribution in [0.5, 0.6) is 0 Å². The molecule has 0 aromatic heterocycles. The van der Waals surface area contributed by atoms with Crippen LogP contribution in [0.2, 0.25) is 0 Å². The van der Waals surface area contributed by atoms with E-state index in [4.69, 9.17) is 0 Å². The van der Waals surface area contributed by atoms with Gasteiger partial charge >= 0.3 is 6.03 Å². The Kier molecular flexibility index (Phi) is 3.68. The highest BCUT2D eigenvalue weighted by molar-refractivity contribution is 5.89. The fraction of sp³-hybridized carbons (Fsp3) is 0.364. The van der Waals surface area contributed by atoms with Crippen molar-refractivity contribution in [3.63, 3.8) is 0 Å². The molecule has 0 spiro atoms. The van der Waals surface area contributed by atoms with E-state index in [0.717, 1.165) is 0 Å². The molecule has 0 radical (unpaired) electrons. The summed E-state index contributed by atoms with van der Waals surface area (Å²) in [5.74, 6) is 0.436. The lowest BCUT2D eigenvalue weighted by molar-refractivity contribution is 0.206. The number of hydroxylamine groups is 1. The van der Waals surface area contributed by atoms with Crippen molar-refractivity contribution in [2.45, 2.75) is 19.8 Å². The molecule has 0 fully saturated rings. The van der Waals surface area contributed by atoms with Gasteiger partial charge in [-0.25, -0.2) is 4.79 Å². The van der Waals surface area contributed by atoms with E-state index < -0.39 is 6.03 Å². The van der Waals surface area contributed by atoms with E-state index in [1.807, 2.05) is 12.1 Å². The number of nitrogens with one attached hydrogen (secondary N) is 1. The molecule has 0 unspecified atom stereocenters. The first kappa shape index (κ1) is 11.5. The highest BCUT2D eigenvalue weighted by Crippen LogP contribution is 2.19. The minimum absolute atomic E-state index is 0.436. The molecular formula is C11H16N2O2. The van der Waals surface area contributed by atoms with Crippen LogP contribution in [0.4, 0.5) is 10.5 Å². The van der Waals surface area contributed by atoms with Gasteiger partial charge in [0, 0.05) is 7.05 Å². The average molecular weight is 208 g/mol. The van der Waals surface area contributed by atoms with Gasteiger partial charge in [-0.1, -0.05) is 26.0 Å². The number of carbonyl (C=O) groups excluding carboxylic acids is 1. The summed E-state index contributed by atoms with van der Waals surface area (Å²) in [6.45, 7) is 4.18. The molecule has 0 atom stereocenters. The van der Waals surface area contributed by atoms with E-state index in [1.54, 1.807) is 12.1 Å². The third kappa shape index (κ3) is 2.70. The third-order valence-corrected chi connectivity index (χ3v) is 2.21. The second-order valence-electron chi connectivity index (χ2n) is 3.61. The lowest BCUT2D eigenvalue weighted by Crippen LogP contribution is -2.35. The molecular weight excluding hydrogens is 192 g/mol. The number of carbonyl (C=O) groups is 1. The van der Waals surface area contributed by atoms with Crippen LogP contribution in [0.1, 0.15) is 25.3 Å². The summed E-state index contributed by atoms with van der Waals surface area (Å²) in [7, 11) is 1.47. The highest BCUT2D eigenvalue weighted by atomic mass is 16.5. The van der Waals surface area contributed by atoms with Crippen LogP contribution < -0.4 is 10.4 Å². The van der Waals surface area contributed by atoms with Crippen LogP contribution in [-0.4, -0.2) is 18.3 Å². The van der Waals surface area contributed by atoms with Crippen LogP contribution in [0, 0.1) is 0 Å². The minimum atomic E-state index is -0.549. The monoisotopic (exact) mass is 208 g/mol. The Hall–Kier alpha value is -1.55. The Labute approximate surface area is 89.5 Å². The molecule has 1 rings (SSSR count). The van der Waals surface area contributed by atoms with Gasteiger partial charge in [-0.3, -0.25) is 5.21 Å². The minimum Gasteiger partial charge on any atom is -0.339 e. The van der Waals surface area contributed by atoms with Gasteiger partial charge in [-0.2, -0.15) is 5.06 Å². The number of hydrogen-bond acceptors (Lipinski definition) is 2. The van der Waals surface area contributed by atoms with Crippen LogP contribution in [-0.2, 0) is 0 Å². The summed E-state index contributed by atoms with van der Waals surface area (Å²) in [5.41, 5.74) is 1.63. The van der Waals surface area contributed by atoms with Gasteiger partial charge in [0.25, 0.3) is 0 Å². The first-order valence-electron chi connectivity index (χ1n) is 4.87. The molecule has 0 aliphatic heterocycles. The standard InChI is InChI=1S/C11H16N2O2/c1-8(2)9-4-6-10(7-5-9)13(15)11(14)12-3/h4-8,15H,1-3H3,(H,12,14). The molecule has 0 aliphatic carbocycles. The quantitative estimate of drug-likeness (QED) is 0.579. The number of rotatable bonds is 2. The Balaban J connectivity index is 2.84. The lowest BCUT2D eigenvalue weighted by atomic mass is 10.0. The van der Waals surface area contributed by atoms with E-state index in [-0.39, 0.29) is 0 Å². The Morgan fingerprint density at radius 1 is 1.33 bits per heavy atom. The van der Waals surface area contributed by atoms with E-state index >= 15 is 0 Å².